The Hall–Kier alpha value is -1.39. The van der Waals surface area contributed by atoms with E-state index in [9.17, 15) is 0 Å². The van der Waals surface area contributed by atoms with E-state index in [4.69, 9.17) is 5.73 Å². The van der Waals surface area contributed by atoms with Gasteiger partial charge in [0.15, 0.2) is 0 Å². The van der Waals surface area contributed by atoms with Gasteiger partial charge in [-0.25, -0.2) is 4.98 Å². The standard InChI is InChI=1S/C14H19N3S/c1-3-13-8-16-14(18-13)10-17(2)9-11-5-4-6-12(15)7-11/h4-8H,3,9-10,15H2,1-2H3. The van der Waals surface area contributed by atoms with E-state index in [-0.39, 0.29) is 0 Å². The molecule has 0 aliphatic carbocycles. The second-order valence-electron chi connectivity index (χ2n) is 4.49. The summed E-state index contributed by atoms with van der Waals surface area (Å²) < 4.78 is 0. The molecule has 0 saturated carbocycles. The van der Waals surface area contributed by atoms with E-state index in [0.29, 0.717) is 0 Å². The van der Waals surface area contributed by atoms with Gasteiger partial charge in [0.1, 0.15) is 5.01 Å². The maximum absolute atomic E-state index is 5.78. The lowest BCUT2D eigenvalue weighted by Gasteiger charge is -2.15. The fourth-order valence-electron chi connectivity index (χ4n) is 1.87. The zero-order valence-electron chi connectivity index (χ0n) is 10.9. The predicted octanol–water partition coefficient (Wildman–Crippen LogP) is 2.92. The van der Waals surface area contributed by atoms with Crippen LogP contribution in [0.4, 0.5) is 5.69 Å². The highest BCUT2D eigenvalue weighted by molar-refractivity contribution is 7.11. The van der Waals surface area contributed by atoms with Crippen LogP contribution in [0, 0.1) is 0 Å². The lowest BCUT2D eigenvalue weighted by atomic mass is 10.2. The van der Waals surface area contributed by atoms with Gasteiger partial charge < -0.3 is 5.73 Å². The second-order valence-corrected chi connectivity index (χ2v) is 5.69. The zero-order chi connectivity index (χ0) is 13.0. The van der Waals surface area contributed by atoms with Gasteiger partial charge in [0.2, 0.25) is 0 Å². The Balaban J connectivity index is 1.94. The summed E-state index contributed by atoms with van der Waals surface area (Å²) in [5.41, 5.74) is 7.84. The molecule has 3 nitrogen and oxygen atoms in total. The molecule has 18 heavy (non-hydrogen) atoms. The lowest BCUT2D eigenvalue weighted by molar-refractivity contribution is 0.318. The van der Waals surface area contributed by atoms with E-state index >= 15 is 0 Å². The molecule has 0 aliphatic rings. The predicted molar refractivity (Wildman–Crippen MR) is 77.5 cm³/mol. The minimum atomic E-state index is 0.823. The van der Waals surface area contributed by atoms with Crippen LogP contribution in [0.1, 0.15) is 22.4 Å². The number of nitrogens with two attached hydrogens (primary N) is 1. The van der Waals surface area contributed by atoms with E-state index in [1.165, 1.54) is 15.4 Å². The van der Waals surface area contributed by atoms with E-state index < -0.39 is 0 Å². The molecule has 0 radical (unpaired) electrons. The first-order chi connectivity index (χ1) is 8.67. The van der Waals surface area contributed by atoms with Crippen molar-refractivity contribution in [2.24, 2.45) is 0 Å². The molecule has 0 fully saturated rings. The van der Waals surface area contributed by atoms with Crippen molar-refractivity contribution >= 4 is 17.0 Å². The summed E-state index contributed by atoms with van der Waals surface area (Å²) in [6, 6.07) is 8.04. The molecular formula is C14H19N3S. The molecule has 0 saturated heterocycles. The minimum Gasteiger partial charge on any atom is -0.399 e. The number of aromatic nitrogens is 1. The fourth-order valence-corrected chi connectivity index (χ4v) is 2.82. The van der Waals surface area contributed by atoms with Crippen molar-refractivity contribution in [1.82, 2.24) is 9.88 Å². The third kappa shape index (κ3) is 3.55. The zero-order valence-corrected chi connectivity index (χ0v) is 11.7. The Kier molecular flexibility index (Phi) is 4.33. The Morgan fingerprint density at radius 3 is 2.83 bits per heavy atom. The minimum absolute atomic E-state index is 0.823. The van der Waals surface area contributed by atoms with Gasteiger partial charge in [0, 0.05) is 23.3 Å². The average molecular weight is 261 g/mol. The molecule has 1 heterocycles. The Bertz CT molecular complexity index is 507. The van der Waals surface area contributed by atoms with Crippen LogP contribution in [0.25, 0.3) is 0 Å². The number of anilines is 1. The van der Waals surface area contributed by atoms with E-state index in [1.807, 2.05) is 24.4 Å². The molecule has 0 spiro atoms. The van der Waals surface area contributed by atoms with Gasteiger partial charge in [0.25, 0.3) is 0 Å². The smallest absolute Gasteiger partial charge is 0.107 e. The Morgan fingerprint density at radius 1 is 1.33 bits per heavy atom. The summed E-state index contributed by atoms with van der Waals surface area (Å²) in [6.07, 6.45) is 3.05. The van der Waals surface area contributed by atoms with Crippen molar-refractivity contribution in [2.75, 3.05) is 12.8 Å². The molecule has 1 aromatic carbocycles. The van der Waals surface area contributed by atoms with Crippen LogP contribution >= 0.6 is 11.3 Å². The van der Waals surface area contributed by atoms with Gasteiger partial charge in [0.05, 0.1) is 6.54 Å². The summed E-state index contributed by atoms with van der Waals surface area (Å²) >= 11 is 1.80. The SMILES string of the molecule is CCc1cnc(CN(C)Cc2cccc(N)c2)s1. The molecular weight excluding hydrogens is 242 g/mol. The van der Waals surface area contributed by atoms with Gasteiger partial charge in [-0.3, -0.25) is 4.90 Å². The quantitative estimate of drug-likeness (QED) is 0.841. The molecule has 2 N–H and O–H groups in total. The molecule has 0 amide bonds. The van der Waals surface area contributed by atoms with Gasteiger partial charge in [-0.1, -0.05) is 19.1 Å². The molecule has 0 atom stereocenters. The number of benzene rings is 1. The van der Waals surface area contributed by atoms with Crippen molar-refractivity contribution in [1.29, 1.82) is 0 Å². The van der Waals surface area contributed by atoms with Crippen LogP contribution in [-0.4, -0.2) is 16.9 Å². The monoisotopic (exact) mass is 261 g/mol. The number of thiazole rings is 1. The fraction of sp³-hybridized carbons (Fsp3) is 0.357. The van der Waals surface area contributed by atoms with Crippen LogP contribution in [0.5, 0.6) is 0 Å². The maximum Gasteiger partial charge on any atom is 0.107 e. The molecule has 0 bridgehead atoms. The number of nitrogen functional groups attached to an aromatic ring is 1. The van der Waals surface area contributed by atoms with Crippen LogP contribution < -0.4 is 5.73 Å². The summed E-state index contributed by atoms with van der Waals surface area (Å²) in [4.78, 5) is 8.04. The molecule has 2 rings (SSSR count). The average Bonchev–Trinajstić information content (AvgIpc) is 2.76. The summed E-state index contributed by atoms with van der Waals surface area (Å²) in [5, 5.41) is 1.18. The third-order valence-corrected chi connectivity index (χ3v) is 3.89. The van der Waals surface area contributed by atoms with Gasteiger partial charge >= 0.3 is 0 Å². The molecule has 0 aliphatic heterocycles. The maximum atomic E-state index is 5.78. The number of nitrogens with zero attached hydrogens (tertiary/aromatic N) is 2. The first-order valence-corrected chi connectivity index (χ1v) is 6.95. The number of hydrogen-bond acceptors (Lipinski definition) is 4. The van der Waals surface area contributed by atoms with Crippen LogP contribution in [0.15, 0.2) is 30.5 Å². The van der Waals surface area contributed by atoms with E-state index in [1.54, 1.807) is 11.3 Å². The van der Waals surface area contributed by atoms with Crippen molar-refractivity contribution in [3.8, 4) is 0 Å². The van der Waals surface area contributed by atoms with Crippen molar-refractivity contribution in [3.05, 3.63) is 45.9 Å². The highest BCUT2D eigenvalue weighted by Gasteiger charge is 2.05. The number of hydrogen-bond donors (Lipinski definition) is 1. The normalized spacial score (nSPS) is 11.1. The summed E-state index contributed by atoms with van der Waals surface area (Å²) in [5.74, 6) is 0. The van der Waals surface area contributed by atoms with Crippen molar-refractivity contribution < 1.29 is 0 Å². The molecule has 96 valence electrons. The molecule has 1 aromatic heterocycles. The molecule has 2 aromatic rings. The van der Waals surface area contributed by atoms with Crippen LogP contribution in [0.2, 0.25) is 0 Å². The van der Waals surface area contributed by atoms with E-state index in [0.717, 1.165) is 25.2 Å². The number of rotatable bonds is 5. The Labute approximate surface area is 112 Å². The van der Waals surface area contributed by atoms with Crippen molar-refractivity contribution in [3.63, 3.8) is 0 Å². The number of aryl methyl sites for hydroxylation is 1. The van der Waals surface area contributed by atoms with Crippen LogP contribution in [-0.2, 0) is 19.5 Å². The molecule has 0 unspecified atom stereocenters. The lowest BCUT2D eigenvalue weighted by Crippen LogP contribution is -2.17. The highest BCUT2D eigenvalue weighted by Crippen LogP contribution is 2.16. The third-order valence-electron chi connectivity index (χ3n) is 2.76. The highest BCUT2D eigenvalue weighted by atomic mass is 32.1. The first-order valence-electron chi connectivity index (χ1n) is 6.14. The summed E-state index contributed by atoms with van der Waals surface area (Å²) in [7, 11) is 2.11. The van der Waals surface area contributed by atoms with Crippen LogP contribution in [0.3, 0.4) is 0 Å². The van der Waals surface area contributed by atoms with Gasteiger partial charge in [-0.05, 0) is 31.2 Å². The largest absolute Gasteiger partial charge is 0.399 e. The van der Waals surface area contributed by atoms with Gasteiger partial charge in [-0.2, -0.15) is 0 Å². The van der Waals surface area contributed by atoms with Gasteiger partial charge in [-0.15, -0.1) is 11.3 Å². The first kappa shape index (κ1) is 13.1. The second kappa shape index (κ2) is 5.98. The molecule has 4 heteroatoms. The topological polar surface area (TPSA) is 42.2 Å². The van der Waals surface area contributed by atoms with Crippen molar-refractivity contribution in [2.45, 2.75) is 26.4 Å². The van der Waals surface area contributed by atoms with E-state index in [2.05, 4.69) is 29.9 Å². The Morgan fingerprint density at radius 2 is 2.17 bits per heavy atom. The summed E-state index contributed by atoms with van der Waals surface area (Å²) in [6.45, 7) is 3.94.